The molecular weight excluding hydrogens is 568 g/mol. The zero-order valence-electron chi connectivity index (χ0n) is 25.4. The quantitative estimate of drug-likeness (QED) is 0.272. The summed E-state index contributed by atoms with van der Waals surface area (Å²) in [4.78, 5) is 32.8. The first kappa shape index (κ1) is 29.9. The largest absolute Gasteiger partial charge is 0.366 e. The molecule has 9 nitrogen and oxygen atoms in total. The van der Waals surface area contributed by atoms with Crippen molar-refractivity contribution >= 4 is 33.3 Å². The van der Waals surface area contributed by atoms with Crippen LogP contribution in [0.5, 0.6) is 0 Å². The van der Waals surface area contributed by atoms with E-state index >= 15 is 0 Å². The fraction of sp³-hybridized carbons (Fsp3) is 0.353. The number of primary amides is 1. The van der Waals surface area contributed by atoms with Crippen molar-refractivity contribution < 1.29 is 4.79 Å². The summed E-state index contributed by atoms with van der Waals surface area (Å²) in [6.45, 7) is 5.73. The number of rotatable bonds is 7. The number of amides is 1. The Balaban J connectivity index is 0.000000329. The summed E-state index contributed by atoms with van der Waals surface area (Å²) >= 11 is 1.72. The molecule has 4 aromatic heterocycles. The first-order valence-electron chi connectivity index (χ1n) is 15.3. The summed E-state index contributed by atoms with van der Waals surface area (Å²) in [5, 5.41) is 3.44. The number of hydrogen-bond acceptors (Lipinski definition) is 8. The molecule has 2 N–H and O–H groups in total. The lowest BCUT2D eigenvalue weighted by Crippen LogP contribution is -2.42. The monoisotopic (exact) mass is 608 g/mol. The van der Waals surface area contributed by atoms with Gasteiger partial charge in [0.15, 0.2) is 0 Å². The minimum absolute atomic E-state index is 0.442. The van der Waals surface area contributed by atoms with Crippen molar-refractivity contribution in [3.8, 4) is 17.1 Å². The number of likely N-dealkylation sites (tertiary alicyclic amines) is 1. The topological polar surface area (TPSA) is 96.4 Å². The van der Waals surface area contributed by atoms with Crippen LogP contribution in [0.15, 0.2) is 84.8 Å². The van der Waals surface area contributed by atoms with Gasteiger partial charge in [0.1, 0.15) is 10.6 Å². The maximum absolute atomic E-state index is 10.4. The van der Waals surface area contributed by atoms with Gasteiger partial charge in [-0.15, -0.1) is 11.3 Å². The van der Waals surface area contributed by atoms with Crippen LogP contribution < -0.4 is 10.6 Å². The van der Waals surface area contributed by atoms with Gasteiger partial charge in [-0.3, -0.25) is 14.3 Å². The highest BCUT2D eigenvalue weighted by Crippen LogP contribution is 2.40. The van der Waals surface area contributed by atoms with Gasteiger partial charge >= 0.3 is 0 Å². The number of hydrogen-bond donors (Lipinski definition) is 1. The lowest BCUT2D eigenvalue weighted by atomic mass is 9.95. The summed E-state index contributed by atoms with van der Waals surface area (Å²) in [6, 6.07) is 18.7. The Morgan fingerprint density at radius 1 is 1.00 bits per heavy atom. The Labute approximate surface area is 263 Å². The standard InChI is InChI=1S/C28H34N6S.C6H6N2O/c1-31-15-12-23(19-31)32(2)18-21-10-16-33(17-11-21)26-25-24(22-8-4-3-5-9-22)20-35-27(25)30-28(29-26)34-13-6-7-14-34;7-6(9)5-2-1-3-8-4-5/h3-9,13-14,20-21,23H,10-12,15-19H2,1-2H3;1-4H,(H2,7,9). The summed E-state index contributed by atoms with van der Waals surface area (Å²) in [5.41, 5.74) is 7.85. The SMILES string of the molecule is CN1CCC(N(C)CC2CCN(c3nc(-n4cccc4)nc4scc(-c5ccccc5)c34)CC2)C1.NC(=O)c1cccnc1. The maximum atomic E-state index is 10.4. The van der Waals surface area contributed by atoms with E-state index in [1.807, 2.05) is 29.1 Å². The average Bonchev–Trinajstić information content (AvgIpc) is 3.84. The number of thiophene rings is 1. The molecule has 2 aliphatic rings. The van der Waals surface area contributed by atoms with Crippen molar-refractivity contribution in [2.75, 3.05) is 51.7 Å². The van der Waals surface area contributed by atoms with Crippen LogP contribution in [-0.4, -0.2) is 88.1 Å². The van der Waals surface area contributed by atoms with E-state index in [2.05, 4.69) is 69.5 Å². The van der Waals surface area contributed by atoms with E-state index in [1.54, 1.807) is 29.7 Å². The van der Waals surface area contributed by atoms with Crippen molar-refractivity contribution in [2.24, 2.45) is 11.7 Å². The van der Waals surface area contributed by atoms with E-state index in [9.17, 15) is 4.79 Å². The molecule has 1 unspecified atom stereocenters. The number of benzene rings is 1. The van der Waals surface area contributed by atoms with Gasteiger partial charge in [-0.2, -0.15) is 4.98 Å². The third-order valence-corrected chi connectivity index (χ3v) is 9.59. The number of nitrogens with two attached hydrogens (primary N) is 1. The van der Waals surface area contributed by atoms with Crippen LogP contribution >= 0.6 is 11.3 Å². The highest BCUT2D eigenvalue weighted by Gasteiger charge is 2.28. The Morgan fingerprint density at radius 3 is 2.41 bits per heavy atom. The third-order valence-electron chi connectivity index (χ3n) is 8.72. The first-order chi connectivity index (χ1) is 21.5. The predicted molar refractivity (Wildman–Crippen MR) is 178 cm³/mol. The van der Waals surface area contributed by atoms with Gasteiger partial charge in [0, 0.05) is 68.0 Å². The van der Waals surface area contributed by atoms with Crippen LogP contribution in [0.1, 0.15) is 29.6 Å². The third kappa shape index (κ3) is 6.83. The molecule has 1 atom stereocenters. The van der Waals surface area contributed by atoms with Gasteiger partial charge < -0.3 is 20.4 Å². The second kappa shape index (κ2) is 13.7. The highest BCUT2D eigenvalue weighted by atomic mass is 32.1. The van der Waals surface area contributed by atoms with E-state index in [-0.39, 0.29) is 0 Å². The molecule has 1 aromatic carbocycles. The van der Waals surface area contributed by atoms with Gasteiger partial charge in [0.2, 0.25) is 11.9 Å². The maximum Gasteiger partial charge on any atom is 0.250 e. The van der Waals surface area contributed by atoms with Crippen LogP contribution in [0.25, 0.3) is 27.3 Å². The van der Waals surface area contributed by atoms with Crippen molar-refractivity contribution in [1.82, 2.24) is 29.3 Å². The number of piperidine rings is 1. The Morgan fingerprint density at radius 2 is 1.77 bits per heavy atom. The van der Waals surface area contributed by atoms with Gasteiger partial charge in [-0.05, 0) is 75.6 Å². The Kier molecular flexibility index (Phi) is 9.30. The lowest BCUT2D eigenvalue weighted by molar-refractivity contribution is 0.1000. The number of nitrogens with zero attached hydrogens (tertiary/aromatic N) is 7. The first-order valence-corrected chi connectivity index (χ1v) is 16.2. The normalized spacial score (nSPS) is 17.6. The van der Waals surface area contributed by atoms with E-state index in [0.717, 1.165) is 35.6 Å². The minimum atomic E-state index is -0.442. The fourth-order valence-corrected chi connectivity index (χ4v) is 7.16. The molecule has 7 rings (SSSR count). The predicted octanol–water partition coefficient (Wildman–Crippen LogP) is 5.18. The van der Waals surface area contributed by atoms with Crippen LogP contribution in [-0.2, 0) is 0 Å². The number of likely N-dealkylation sites (N-methyl/N-ethyl adjacent to an activating group) is 2. The van der Waals surface area contributed by atoms with Crippen molar-refractivity contribution in [1.29, 1.82) is 0 Å². The second-order valence-electron chi connectivity index (χ2n) is 11.8. The van der Waals surface area contributed by atoms with Crippen LogP contribution in [0, 0.1) is 5.92 Å². The van der Waals surface area contributed by atoms with Crippen LogP contribution in [0.2, 0.25) is 0 Å². The van der Waals surface area contributed by atoms with Crippen molar-refractivity contribution in [3.05, 3.63) is 90.3 Å². The zero-order chi connectivity index (χ0) is 30.5. The molecule has 44 heavy (non-hydrogen) atoms. The number of carbonyl (C=O) groups is 1. The van der Waals surface area contributed by atoms with Crippen molar-refractivity contribution in [2.45, 2.75) is 25.3 Å². The van der Waals surface area contributed by atoms with Gasteiger partial charge in [-0.25, -0.2) is 4.98 Å². The number of aromatic nitrogens is 4. The molecule has 0 radical (unpaired) electrons. The molecule has 0 aliphatic carbocycles. The molecule has 5 aromatic rings. The molecular formula is C34H40N8OS. The summed E-state index contributed by atoms with van der Waals surface area (Å²) in [7, 11) is 4.57. The molecule has 0 bridgehead atoms. The molecule has 0 saturated carbocycles. The fourth-order valence-electron chi connectivity index (χ4n) is 6.22. The average molecular weight is 609 g/mol. The Hall–Kier alpha value is -4.12. The summed E-state index contributed by atoms with van der Waals surface area (Å²) < 4.78 is 2.02. The van der Waals surface area contributed by atoms with E-state index < -0.39 is 5.91 Å². The van der Waals surface area contributed by atoms with E-state index in [4.69, 9.17) is 15.7 Å². The van der Waals surface area contributed by atoms with Gasteiger partial charge in [-0.1, -0.05) is 30.3 Å². The van der Waals surface area contributed by atoms with Gasteiger partial charge in [0.05, 0.1) is 10.9 Å². The van der Waals surface area contributed by atoms with Crippen LogP contribution in [0.4, 0.5) is 5.82 Å². The molecule has 1 amide bonds. The molecule has 6 heterocycles. The highest BCUT2D eigenvalue weighted by molar-refractivity contribution is 7.17. The molecule has 2 fully saturated rings. The van der Waals surface area contributed by atoms with E-state index in [1.165, 1.54) is 61.6 Å². The number of anilines is 1. The summed E-state index contributed by atoms with van der Waals surface area (Å²) in [5.74, 6) is 2.15. The van der Waals surface area contributed by atoms with Crippen molar-refractivity contribution in [3.63, 3.8) is 0 Å². The number of carbonyl (C=O) groups excluding carboxylic acids is 1. The van der Waals surface area contributed by atoms with Gasteiger partial charge in [0.25, 0.3) is 0 Å². The zero-order valence-corrected chi connectivity index (χ0v) is 26.2. The molecule has 2 aliphatic heterocycles. The molecule has 0 spiro atoms. The summed E-state index contributed by atoms with van der Waals surface area (Å²) in [6.07, 6.45) is 10.8. The second-order valence-corrected chi connectivity index (χ2v) is 12.7. The molecule has 2 saturated heterocycles. The van der Waals surface area contributed by atoms with E-state index in [0.29, 0.717) is 11.6 Å². The van der Waals surface area contributed by atoms with Crippen LogP contribution in [0.3, 0.4) is 0 Å². The smallest absolute Gasteiger partial charge is 0.250 e. The minimum Gasteiger partial charge on any atom is -0.366 e. The molecule has 10 heteroatoms. The number of fused-ring (bicyclic) bond motifs is 1. The Bertz CT molecular complexity index is 1650. The lowest BCUT2D eigenvalue weighted by Gasteiger charge is -2.36. The molecule has 228 valence electrons. The number of pyridine rings is 1.